The minimum absolute atomic E-state index is 0.112. The summed E-state index contributed by atoms with van der Waals surface area (Å²) in [5.41, 5.74) is -0.722. The molecule has 2 N–H and O–H groups in total. The van der Waals surface area contributed by atoms with Gasteiger partial charge in [-0.25, -0.2) is 9.59 Å². The molecule has 1 atom stereocenters. The van der Waals surface area contributed by atoms with Crippen LogP contribution in [0.15, 0.2) is 59.8 Å². The maximum atomic E-state index is 13.2. The molecule has 0 saturated heterocycles. The lowest BCUT2D eigenvalue weighted by Gasteiger charge is -2.32. The number of carbonyl (C=O) groups excluding carboxylic acids is 3. The van der Waals surface area contributed by atoms with Crippen LogP contribution >= 0.6 is 11.6 Å². The monoisotopic (exact) mass is 465 g/mol. The van der Waals surface area contributed by atoms with Gasteiger partial charge in [0, 0.05) is 5.02 Å². The molecule has 0 spiro atoms. The molecule has 7 nitrogen and oxygen atoms in total. The summed E-state index contributed by atoms with van der Waals surface area (Å²) >= 11 is 6.21. The number of alkyl halides is 3. The lowest BCUT2D eigenvalue weighted by Crippen LogP contribution is -2.49. The largest absolute Gasteiger partial charge is 0.456 e. The van der Waals surface area contributed by atoms with Crippen molar-refractivity contribution in [2.24, 2.45) is 0 Å². The van der Waals surface area contributed by atoms with E-state index in [9.17, 15) is 27.6 Å². The van der Waals surface area contributed by atoms with E-state index in [1.807, 2.05) is 0 Å². The summed E-state index contributed by atoms with van der Waals surface area (Å²) in [7, 11) is 0. The fourth-order valence-electron chi connectivity index (χ4n) is 3.59. The van der Waals surface area contributed by atoms with E-state index in [0.717, 1.165) is 17.0 Å². The number of hydrogen-bond acceptors (Lipinski definition) is 4. The Hall–Kier alpha value is -3.53. The molecule has 0 fully saturated rings. The van der Waals surface area contributed by atoms with E-state index in [1.165, 1.54) is 12.1 Å². The van der Waals surface area contributed by atoms with Crippen LogP contribution in [0.4, 0.5) is 23.7 Å². The summed E-state index contributed by atoms with van der Waals surface area (Å²) in [6.07, 6.45) is -4.67. The Morgan fingerprint density at radius 3 is 2.56 bits per heavy atom. The summed E-state index contributed by atoms with van der Waals surface area (Å²) in [4.78, 5) is 38.6. The average Bonchev–Trinajstić information content (AvgIpc) is 3.11. The summed E-state index contributed by atoms with van der Waals surface area (Å²) in [6.45, 7) is -0.877. The third kappa shape index (κ3) is 4.01. The fourth-order valence-corrected chi connectivity index (χ4v) is 3.84. The number of ether oxygens (including phenoxy) is 1. The fraction of sp³-hybridized carbons (Fsp3) is 0.190. The van der Waals surface area contributed by atoms with Crippen molar-refractivity contribution in [3.05, 3.63) is 76.0 Å². The van der Waals surface area contributed by atoms with E-state index in [2.05, 4.69) is 10.6 Å². The third-order valence-corrected chi connectivity index (χ3v) is 5.37. The molecule has 2 aliphatic heterocycles. The predicted molar refractivity (Wildman–Crippen MR) is 107 cm³/mol. The zero-order chi connectivity index (χ0) is 23.0. The van der Waals surface area contributed by atoms with Gasteiger partial charge in [0.05, 0.1) is 28.6 Å². The number of carbonyl (C=O) groups is 3. The van der Waals surface area contributed by atoms with Crippen molar-refractivity contribution in [3.8, 4) is 0 Å². The number of esters is 1. The van der Waals surface area contributed by atoms with Crippen LogP contribution in [-0.4, -0.2) is 36.0 Å². The molecular weight excluding hydrogens is 451 g/mol. The highest BCUT2D eigenvalue weighted by molar-refractivity contribution is 6.31. The van der Waals surface area contributed by atoms with Gasteiger partial charge in [0.1, 0.15) is 13.2 Å². The number of anilines is 1. The summed E-state index contributed by atoms with van der Waals surface area (Å²) in [5, 5.41) is 5.11. The average molecular weight is 466 g/mol. The molecule has 0 saturated carbocycles. The lowest BCUT2D eigenvalue weighted by atomic mass is 9.95. The number of nitrogens with zero attached hydrogens (tertiary/aromatic N) is 1. The Balaban J connectivity index is 1.61. The molecule has 2 aromatic carbocycles. The number of para-hydroxylation sites is 1. The molecular formula is C21H15ClF3N3O4. The molecule has 0 unspecified atom stereocenters. The highest BCUT2D eigenvalue weighted by Gasteiger charge is 2.43. The third-order valence-electron chi connectivity index (χ3n) is 5.02. The molecule has 0 aliphatic carbocycles. The first-order valence-corrected chi connectivity index (χ1v) is 9.73. The van der Waals surface area contributed by atoms with Crippen LogP contribution in [0.2, 0.25) is 5.02 Å². The van der Waals surface area contributed by atoms with Crippen molar-refractivity contribution in [1.29, 1.82) is 0 Å². The number of amides is 3. The number of rotatable bonds is 4. The zero-order valence-electron chi connectivity index (χ0n) is 16.2. The maximum Gasteiger partial charge on any atom is 0.418 e. The van der Waals surface area contributed by atoms with Gasteiger partial charge in [0.2, 0.25) is 5.91 Å². The molecule has 32 heavy (non-hydrogen) atoms. The van der Waals surface area contributed by atoms with Crippen LogP contribution < -0.4 is 10.6 Å². The van der Waals surface area contributed by atoms with E-state index in [-0.39, 0.29) is 17.9 Å². The van der Waals surface area contributed by atoms with E-state index < -0.39 is 47.9 Å². The smallest absolute Gasteiger partial charge is 0.418 e. The van der Waals surface area contributed by atoms with E-state index in [0.29, 0.717) is 10.6 Å². The van der Waals surface area contributed by atoms with Gasteiger partial charge in [-0.05, 0) is 23.8 Å². The highest BCUT2D eigenvalue weighted by atomic mass is 35.5. The van der Waals surface area contributed by atoms with Crippen LogP contribution in [0.1, 0.15) is 17.2 Å². The first-order chi connectivity index (χ1) is 15.2. The SMILES string of the molecule is O=C(CN1C(=O)N[C@H](c2ccccc2Cl)C2=C1COC2=O)Nc1ccccc1C(F)(F)F. The first-order valence-electron chi connectivity index (χ1n) is 9.35. The Morgan fingerprint density at radius 2 is 1.84 bits per heavy atom. The number of urea groups is 1. The zero-order valence-corrected chi connectivity index (χ0v) is 17.0. The van der Waals surface area contributed by atoms with Crippen molar-refractivity contribution in [2.75, 3.05) is 18.5 Å². The number of hydrogen-bond donors (Lipinski definition) is 2. The van der Waals surface area contributed by atoms with E-state index in [1.54, 1.807) is 24.3 Å². The lowest BCUT2D eigenvalue weighted by molar-refractivity contribution is -0.137. The molecule has 2 heterocycles. The maximum absolute atomic E-state index is 13.2. The topological polar surface area (TPSA) is 87.7 Å². The van der Waals surface area contributed by atoms with Crippen molar-refractivity contribution < 1.29 is 32.3 Å². The highest BCUT2D eigenvalue weighted by Crippen LogP contribution is 2.38. The van der Waals surface area contributed by atoms with Crippen LogP contribution in [-0.2, 0) is 20.5 Å². The number of nitrogens with one attached hydrogen (secondary N) is 2. The Labute approximate surface area is 184 Å². The van der Waals surface area contributed by atoms with Crippen molar-refractivity contribution in [2.45, 2.75) is 12.2 Å². The van der Waals surface area contributed by atoms with Crippen molar-refractivity contribution in [1.82, 2.24) is 10.2 Å². The number of cyclic esters (lactones) is 1. The normalized spacial score (nSPS) is 18.2. The van der Waals surface area contributed by atoms with Gasteiger partial charge in [-0.3, -0.25) is 9.69 Å². The standard InChI is InChI=1S/C21H15ClF3N3O4/c22-13-7-3-1-5-11(13)18-17-15(10-32-19(17)30)28(20(31)27-18)9-16(29)26-14-8-4-2-6-12(14)21(23,24)25/h1-8,18H,9-10H2,(H,26,29)(H,27,31)/t18-/m1/s1. The van der Waals surface area contributed by atoms with Crippen LogP contribution in [0.25, 0.3) is 0 Å². The van der Waals surface area contributed by atoms with Crippen molar-refractivity contribution in [3.63, 3.8) is 0 Å². The first kappa shape index (κ1) is 21.7. The summed E-state index contributed by atoms with van der Waals surface area (Å²) < 4.78 is 44.6. The predicted octanol–water partition coefficient (Wildman–Crippen LogP) is 3.87. The van der Waals surface area contributed by atoms with Gasteiger partial charge in [-0.15, -0.1) is 0 Å². The molecule has 4 rings (SSSR count). The minimum Gasteiger partial charge on any atom is -0.456 e. The van der Waals surface area contributed by atoms with Crippen LogP contribution in [0.5, 0.6) is 0 Å². The summed E-state index contributed by atoms with van der Waals surface area (Å²) in [6, 6.07) is 9.50. The molecule has 0 bridgehead atoms. The summed E-state index contributed by atoms with van der Waals surface area (Å²) in [5.74, 6) is -1.56. The van der Waals surface area contributed by atoms with Crippen molar-refractivity contribution >= 4 is 35.2 Å². The van der Waals surface area contributed by atoms with Gasteiger partial charge in [-0.1, -0.05) is 41.9 Å². The molecule has 2 aliphatic rings. The quantitative estimate of drug-likeness (QED) is 0.671. The van der Waals surface area contributed by atoms with Gasteiger partial charge in [0.25, 0.3) is 0 Å². The van der Waals surface area contributed by atoms with Gasteiger partial charge in [0.15, 0.2) is 0 Å². The number of halogens is 4. The molecule has 2 aromatic rings. The molecule has 0 radical (unpaired) electrons. The second kappa shape index (κ2) is 8.19. The number of benzene rings is 2. The molecule has 3 amide bonds. The van der Waals surface area contributed by atoms with Gasteiger partial charge in [-0.2, -0.15) is 13.2 Å². The Bertz CT molecular complexity index is 1150. The Morgan fingerprint density at radius 1 is 1.16 bits per heavy atom. The van der Waals surface area contributed by atoms with Crippen LogP contribution in [0.3, 0.4) is 0 Å². The van der Waals surface area contributed by atoms with Gasteiger partial charge >= 0.3 is 18.2 Å². The molecule has 11 heteroatoms. The second-order valence-corrected chi connectivity index (χ2v) is 7.43. The second-order valence-electron chi connectivity index (χ2n) is 7.02. The minimum atomic E-state index is -4.67. The Kier molecular flexibility index (Phi) is 5.55. The van der Waals surface area contributed by atoms with Crippen LogP contribution in [0, 0.1) is 0 Å². The molecule has 0 aromatic heterocycles. The molecule has 166 valence electrons. The van der Waals surface area contributed by atoms with E-state index in [4.69, 9.17) is 16.3 Å². The van der Waals surface area contributed by atoms with E-state index >= 15 is 0 Å². The van der Waals surface area contributed by atoms with Gasteiger partial charge < -0.3 is 15.4 Å².